The summed E-state index contributed by atoms with van der Waals surface area (Å²) in [4.78, 5) is 10.3. The Labute approximate surface area is 123 Å². The van der Waals surface area contributed by atoms with Crippen LogP contribution in [0.15, 0.2) is 18.3 Å². The van der Waals surface area contributed by atoms with Gasteiger partial charge >= 0.3 is 0 Å². The molecule has 5 heteroatoms. The van der Waals surface area contributed by atoms with Crippen molar-refractivity contribution in [1.29, 1.82) is 0 Å². The summed E-state index contributed by atoms with van der Waals surface area (Å²) in [7, 11) is 1.95. The van der Waals surface area contributed by atoms with Crippen molar-refractivity contribution in [3.63, 3.8) is 0 Å². The molecule has 0 saturated heterocycles. The first-order valence-electron chi connectivity index (χ1n) is 6.36. The standard InChI is InChI=1S/C14H18ClN3S/c1-9(2)7-11-12(8-16-3)19-14(18-11)13-10(15)5-4-6-17-13/h4-6,9,16H,7-8H2,1-3H3. The first-order chi connectivity index (χ1) is 9.11. The van der Waals surface area contributed by atoms with Crippen molar-refractivity contribution in [2.24, 2.45) is 5.92 Å². The minimum Gasteiger partial charge on any atom is -0.315 e. The lowest BCUT2D eigenvalue weighted by Crippen LogP contribution is -2.07. The molecule has 19 heavy (non-hydrogen) atoms. The molecular weight excluding hydrogens is 278 g/mol. The highest BCUT2D eigenvalue weighted by atomic mass is 35.5. The maximum atomic E-state index is 6.19. The van der Waals surface area contributed by atoms with Gasteiger partial charge in [0.15, 0.2) is 0 Å². The Morgan fingerprint density at radius 1 is 1.42 bits per heavy atom. The summed E-state index contributed by atoms with van der Waals surface area (Å²) >= 11 is 7.86. The highest BCUT2D eigenvalue weighted by molar-refractivity contribution is 7.15. The zero-order valence-corrected chi connectivity index (χ0v) is 13.0. The molecule has 1 N–H and O–H groups in total. The maximum Gasteiger partial charge on any atom is 0.143 e. The fraction of sp³-hybridized carbons (Fsp3) is 0.429. The minimum atomic E-state index is 0.588. The molecule has 0 atom stereocenters. The van der Waals surface area contributed by atoms with Crippen LogP contribution in [0.3, 0.4) is 0 Å². The van der Waals surface area contributed by atoms with Crippen molar-refractivity contribution in [1.82, 2.24) is 15.3 Å². The van der Waals surface area contributed by atoms with Crippen LogP contribution in [-0.4, -0.2) is 17.0 Å². The van der Waals surface area contributed by atoms with Crippen LogP contribution in [0.5, 0.6) is 0 Å². The van der Waals surface area contributed by atoms with Gasteiger partial charge < -0.3 is 5.32 Å². The third kappa shape index (κ3) is 3.53. The lowest BCUT2D eigenvalue weighted by atomic mass is 10.1. The van der Waals surface area contributed by atoms with Gasteiger partial charge in [0.2, 0.25) is 0 Å². The Hall–Kier alpha value is -0.970. The molecule has 2 rings (SSSR count). The van der Waals surface area contributed by atoms with E-state index in [4.69, 9.17) is 16.6 Å². The Balaban J connectivity index is 2.39. The van der Waals surface area contributed by atoms with E-state index in [0.717, 1.165) is 29.4 Å². The smallest absolute Gasteiger partial charge is 0.143 e. The van der Waals surface area contributed by atoms with Crippen LogP contribution < -0.4 is 5.32 Å². The van der Waals surface area contributed by atoms with Gasteiger partial charge in [0, 0.05) is 17.6 Å². The second-order valence-electron chi connectivity index (χ2n) is 4.85. The summed E-state index contributed by atoms with van der Waals surface area (Å²) < 4.78 is 0. The summed E-state index contributed by atoms with van der Waals surface area (Å²) in [5.41, 5.74) is 1.94. The Kier molecular flexibility index (Phi) is 4.91. The molecule has 102 valence electrons. The van der Waals surface area contributed by atoms with Crippen molar-refractivity contribution in [3.05, 3.63) is 33.9 Å². The normalized spacial score (nSPS) is 11.2. The highest BCUT2D eigenvalue weighted by Crippen LogP contribution is 2.32. The maximum absolute atomic E-state index is 6.19. The Morgan fingerprint density at radius 3 is 2.84 bits per heavy atom. The Bertz CT molecular complexity index is 551. The van der Waals surface area contributed by atoms with Crippen molar-refractivity contribution < 1.29 is 0 Å². The van der Waals surface area contributed by atoms with E-state index in [9.17, 15) is 0 Å². The number of halogens is 1. The van der Waals surface area contributed by atoms with Crippen LogP contribution in [0.1, 0.15) is 24.4 Å². The number of pyridine rings is 1. The third-order valence-electron chi connectivity index (χ3n) is 2.68. The van der Waals surface area contributed by atoms with E-state index in [1.165, 1.54) is 4.88 Å². The molecule has 0 aromatic carbocycles. The molecule has 0 aliphatic carbocycles. The summed E-state index contributed by atoms with van der Waals surface area (Å²) in [6, 6.07) is 3.69. The monoisotopic (exact) mass is 295 g/mol. The predicted octanol–water partition coefficient (Wildman–Crippen LogP) is 3.78. The number of aromatic nitrogens is 2. The third-order valence-corrected chi connectivity index (χ3v) is 4.09. The molecule has 0 radical (unpaired) electrons. The van der Waals surface area contributed by atoms with Gasteiger partial charge in [-0.25, -0.2) is 4.98 Å². The van der Waals surface area contributed by atoms with Gasteiger partial charge in [-0.2, -0.15) is 0 Å². The molecule has 0 saturated carbocycles. The summed E-state index contributed by atoms with van der Waals surface area (Å²) in [6.45, 7) is 5.25. The fourth-order valence-corrected chi connectivity index (χ4v) is 3.25. The molecule has 0 aliphatic heterocycles. The second kappa shape index (κ2) is 6.46. The summed E-state index contributed by atoms with van der Waals surface area (Å²) in [6.07, 6.45) is 2.74. The summed E-state index contributed by atoms with van der Waals surface area (Å²) in [5.74, 6) is 0.588. The predicted molar refractivity (Wildman–Crippen MR) is 81.7 cm³/mol. The minimum absolute atomic E-state index is 0.588. The van der Waals surface area contributed by atoms with E-state index in [2.05, 4.69) is 24.1 Å². The van der Waals surface area contributed by atoms with E-state index in [0.29, 0.717) is 10.9 Å². The molecular formula is C14H18ClN3S. The average molecular weight is 296 g/mol. The van der Waals surface area contributed by atoms with Crippen LogP contribution in [0.2, 0.25) is 5.02 Å². The van der Waals surface area contributed by atoms with Crippen LogP contribution in [0, 0.1) is 5.92 Å². The lowest BCUT2D eigenvalue weighted by Gasteiger charge is -2.03. The second-order valence-corrected chi connectivity index (χ2v) is 6.34. The molecule has 2 aromatic heterocycles. The number of rotatable bonds is 5. The van der Waals surface area contributed by atoms with Gasteiger partial charge in [-0.1, -0.05) is 25.4 Å². The van der Waals surface area contributed by atoms with E-state index in [-0.39, 0.29) is 0 Å². The van der Waals surface area contributed by atoms with Crippen molar-refractivity contribution in [2.75, 3.05) is 7.05 Å². The molecule has 0 fully saturated rings. The molecule has 2 aromatic rings. The van der Waals surface area contributed by atoms with Gasteiger partial charge in [-0.15, -0.1) is 11.3 Å². The molecule has 0 bridgehead atoms. The highest BCUT2D eigenvalue weighted by Gasteiger charge is 2.15. The van der Waals surface area contributed by atoms with E-state index in [1.807, 2.05) is 19.2 Å². The van der Waals surface area contributed by atoms with Crippen LogP contribution in [0.4, 0.5) is 0 Å². The summed E-state index contributed by atoms with van der Waals surface area (Å²) in [5, 5.41) is 4.76. The molecule has 3 nitrogen and oxygen atoms in total. The molecule has 0 unspecified atom stereocenters. The van der Waals surface area contributed by atoms with Crippen LogP contribution in [0.25, 0.3) is 10.7 Å². The SMILES string of the molecule is CNCc1sc(-c2ncccc2Cl)nc1CC(C)C. The Morgan fingerprint density at radius 2 is 2.21 bits per heavy atom. The van der Waals surface area contributed by atoms with Crippen molar-refractivity contribution in [3.8, 4) is 10.7 Å². The molecule has 0 amide bonds. The number of hydrogen-bond acceptors (Lipinski definition) is 4. The topological polar surface area (TPSA) is 37.8 Å². The molecule has 0 aliphatic rings. The molecule has 0 spiro atoms. The van der Waals surface area contributed by atoms with Crippen LogP contribution >= 0.6 is 22.9 Å². The molecule has 2 heterocycles. The zero-order chi connectivity index (χ0) is 13.8. The number of hydrogen-bond donors (Lipinski definition) is 1. The van der Waals surface area contributed by atoms with Crippen LogP contribution in [-0.2, 0) is 13.0 Å². The van der Waals surface area contributed by atoms with Gasteiger partial charge in [0.05, 0.1) is 10.7 Å². The van der Waals surface area contributed by atoms with Gasteiger partial charge in [-0.05, 0) is 31.5 Å². The lowest BCUT2D eigenvalue weighted by molar-refractivity contribution is 0.631. The number of thiazole rings is 1. The zero-order valence-electron chi connectivity index (χ0n) is 11.4. The van der Waals surface area contributed by atoms with Crippen molar-refractivity contribution in [2.45, 2.75) is 26.8 Å². The fourth-order valence-electron chi connectivity index (χ4n) is 1.87. The van der Waals surface area contributed by atoms with Gasteiger partial charge in [0.1, 0.15) is 10.7 Å². The number of nitrogens with zero attached hydrogens (tertiary/aromatic N) is 2. The van der Waals surface area contributed by atoms with E-state index >= 15 is 0 Å². The first-order valence-corrected chi connectivity index (χ1v) is 7.55. The quantitative estimate of drug-likeness (QED) is 0.912. The number of nitrogens with one attached hydrogen (secondary N) is 1. The van der Waals surface area contributed by atoms with E-state index in [1.54, 1.807) is 17.5 Å². The first kappa shape index (κ1) is 14.4. The largest absolute Gasteiger partial charge is 0.315 e. The van der Waals surface area contributed by atoms with E-state index < -0.39 is 0 Å². The average Bonchev–Trinajstić information content (AvgIpc) is 2.72. The van der Waals surface area contributed by atoms with Crippen molar-refractivity contribution >= 4 is 22.9 Å². The van der Waals surface area contributed by atoms with Gasteiger partial charge in [0.25, 0.3) is 0 Å². The van der Waals surface area contributed by atoms with Gasteiger partial charge in [-0.3, -0.25) is 4.98 Å².